The summed E-state index contributed by atoms with van der Waals surface area (Å²) in [5.74, 6) is 0.903. The Balaban J connectivity index is 1.90. The molecule has 0 radical (unpaired) electrons. The van der Waals surface area contributed by atoms with E-state index < -0.39 is 0 Å². The SMILES string of the molecule is Cc1cc(N)cnc1NCCc1ccc[nH]1. The molecule has 0 saturated heterocycles. The van der Waals surface area contributed by atoms with Gasteiger partial charge in [0.2, 0.25) is 0 Å². The fourth-order valence-corrected chi connectivity index (χ4v) is 1.62. The number of nitrogens with zero attached hydrogens (tertiary/aromatic N) is 1. The Kier molecular flexibility index (Phi) is 3.10. The van der Waals surface area contributed by atoms with Crippen molar-refractivity contribution in [1.29, 1.82) is 0 Å². The molecule has 2 rings (SSSR count). The van der Waals surface area contributed by atoms with E-state index in [0.29, 0.717) is 5.69 Å². The summed E-state index contributed by atoms with van der Waals surface area (Å²) < 4.78 is 0. The highest BCUT2D eigenvalue weighted by Crippen LogP contribution is 2.13. The average molecular weight is 216 g/mol. The third-order valence-corrected chi connectivity index (χ3v) is 2.45. The molecular formula is C12H16N4. The lowest BCUT2D eigenvalue weighted by molar-refractivity contribution is 0.965. The van der Waals surface area contributed by atoms with Crippen LogP contribution in [0.5, 0.6) is 0 Å². The molecule has 4 N–H and O–H groups in total. The van der Waals surface area contributed by atoms with Crippen molar-refractivity contribution in [3.05, 3.63) is 41.9 Å². The first-order valence-electron chi connectivity index (χ1n) is 5.34. The zero-order chi connectivity index (χ0) is 11.4. The van der Waals surface area contributed by atoms with Crippen LogP contribution >= 0.6 is 0 Å². The van der Waals surface area contributed by atoms with Crippen molar-refractivity contribution in [2.45, 2.75) is 13.3 Å². The summed E-state index contributed by atoms with van der Waals surface area (Å²) in [7, 11) is 0. The Bertz CT molecular complexity index is 448. The summed E-state index contributed by atoms with van der Waals surface area (Å²) in [5, 5.41) is 3.29. The number of aromatic nitrogens is 2. The molecule has 0 fully saturated rings. The van der Waals surface area contributed by atoms with Crippen molar-refractivity contribution in [1.82, 2.24) is 9.97 Å². The first-order chi connectivity index (χ1) is 7.75. The van der Waals surface area contributed by atoms with E-state index in [4.69, 9.17) is 5.73 Å². The summed E-state index contributed by atoms with van der Waals surface area (Å²) >= 11 is 0. The van der Waals surface area contributed by atoms with Crippen LogP contribution in [0, 0.1) is 6.92 Å². The lowest BCUT2D eigenvalue weighted by atomic mass is 10.2. The lowest BCUT2D eigenvalue weighted by Gasteiger charge is -2.08. The summed E-state index contributed by atoms with van der Waals surface area (Å²) in [6.07, 6.45) is 4.56. The minimum Gasteiger partial charge on any atom is -0.397 e. The van der Waals surface area contributed by atoms with Gasteiger partial charge in [0.05, 0.1) is 11.9 Å². The van der Waals surface area contributed by atoms with Crippen LogP contribution in [0.2, 0.25) is 0 Å². The van der Waals surface area contributed by atoms with Crippen molar-refractivity contribution < 1.29 is 0 Å². The van der Waals surface area contributed by atoms with Crippen LogP contribution in [-0.4, -0.2) is 16.5 Å². The van der Waals surface area contributed by atoms with E-state index in [1.165, 1.54) is 5.69 Å². The highest BCUT2D eigenvalue weighted by Gasteiger charge is 1.99. The van der Waals surface area contributed by atoms with Crippen molar-refractivity contribution in [2.24, 2.45) is 0 Å². The van der Waals surface area contributed by atoms with Gasteiger partial charge in [0.25, 0.3) is 0 Å². The number of nitrogens with two attached hydrogens (primary N) is 1. The maximum Gasteiger partial charge on any atom is 0.129 e. The third-order valence-electron chi connectivity index (χ3n) is 2.45. The smallest absolute Gasteiger partial charge is 0.129 e. The highest BCUT2D eigenvalue weighted by molar-refractivity contribution is 5.50. The van der Waals surface area contributed by atoms with Gasteiger partial charge in [0.1, 0.15) is 5.82 Å². The second-order valence-corrected chi connectivity index (χ2v) is 3.81. The van der Waals surface area contributed by atoms with E-state index in [0.717, 1.165) is 24.3 Å². The van der Waals surface area contributed by atoms with E-state index in [1.807, 2.05) is 25.3 Å². The van der Waals surface area contributed by atoms with Crippen LogP contribution in [0.25, 0.3) is 0 Å². The minimum atomic E-state index is 0.701. The maximum absolute atomic E-state index is 5.64. The number of rotatable bonds is 4. The number of aromatic amines is 1. The van der Waals surface area contributed by atoms with Gasteiger partial charge in [-0.1, -0.05) is 0 Å². The monoisotopic (exact) mass is 216 g/mol. The number of pyridine rings is 1. The summed E-state index contributed by atoms with van der Waals surface area (Å²) in [4.78, 5) is 7.42. The third kappa shape index (κ3) is 2.53. The quantitative estimate of drug-likeness (QED) is 0.731. The highest BCUT2D eigenvalue weighted by atomic mass is 15.0. The molecular weight excluding hydrogens is 200 g/mol. The van der Waals surface area contributed by atoms with Crippen molar-refractivity contribution >= 4 is 11.5 Å². The van der Waals surface area contributed by atoms with E-state index in [2.05, 4.69) is 21.4 Å². The standard InChI is InChI=1S/C12H16N4/c1-9-7-10(13)8-16-12(9)15-6-4-11-3-2-5-14-11/h2-3,5,7-8,14H,4,6,13H2,1H3,(H,15,16). The molecule has 4 nitrogen and oxygen atoms in total. The van der Waals surface area contributed by atoms with Crippen molar-refractivity contribution in [3.63, 3.8) is 0 Å². The Morgan fingerprint density at radius 2 is 2.38 bits per heavy atom. The van der Waals surface area contributed by atoms with Gasteiger partial charge in [0.15, 0.2) is 0 Å². The zero-order valence-corrected chi connectivity index (χ0v) is 9.33. The fourth-order valence-electron chi connectivity index (χ4n) is 1.62. The van der Waals surface area contributed by atoms with Crippen molar-refractivity contribution in [2.75, 3.05) is 17.6 Å². The molecule has 0 amide bonds. The Hall–Kier alpha value is -1.97. The van der Waals surface area contributed by atoms with Gasteiger partial charge < -0.3 is 16.0 Å². The van der Waals surface area contributed by atoms with Gasteiger partial charge in [-0.2, -0.15) is 0 Å². The average Bonchev–Trinajstić information content (AvgIpc) is 2.74. The van der Waals surface area contributed by atoms with Gasteiger partial charge >= 0.3 is 0 Å². The molecule has 0 aromatic carbocycles. The van der Waals surface area contributed by atoms with Crippen LogP contribution in [0.3, 0.4) is 0 Å². The van der Waals surface area contributed by atoms with E-state index >= 15 is 0 Å². The summed E-state index contributed by atoms with van der Waals surface area (Å²) in [6, 6.07) is 6.00. The second kappa shape index (κ2) is 4.70. The molecule has 0 spiro atoms. The predicted molar refractivity (Wildman–Crippen MR) is 66.4 cm³/mol. The van der Waals surface area contributed by atoms with Crippen molar-refractivity contribution in [3.8, 4) is 0 Å². The number of anilines is 2. The normalized spacial score (nSPS) is 10.3. The summed E-state index contributed by atoms with van der Waals surface area (Å²) in [5.41, 5.74) is 8.64. The number of aryl methyl sites for hydroxylation is 1. The molecule has 16 heavy (non-hydrogen) atoms. The van der Waals surface area contributed by atoms with Crippen LogP contribution < -0.4 is 11.1 Å². The Labute approximate surface area is 94.9 Å². The summed E-state index contributed by atoms with van der Waals surface area (Å²) in [6.45, 7) is 2.86. The molecule has 2 aromatic rings. The Morgan fingerprint density at radius 3 is 3.06 bits per heavy atom. The maximum atomic E-state index is 5.64. The minimum absolute atomic E-state index is 0.701. The Morgan fingerprint density at radius 1 is 1.50 bits per heavy atom. The molecule has 0 saturated carbocycles. The molecule has 0 aliphatic rings. The van der Waals surface area contributed by atoms with Crippen LogP contribution in [0.4, 0.5) is 11.5 Å². The van der Waals surface area contributed by atoms with Crippen LogP contribution in [0.1, 0.15) is 11.3 Å². The largest absolute Gasteiger partial charge is 0.397 e. The number of hydrogen-bond acceptors (Lipinski definition) is 3. The second-order valence-electron chi connectivity index (χ2n) is 3.81. The topological polar surface area (TPSA) is 66.7 Å². The van der Waals surface area contributed by atoms with Gasteiger partial charge in [0, 0.05) is 24.9 Å². The van der Waals surface area contributed by atoms with Crippen LogP contribution in [-0.2, 0) is 6.42 Å². The van der Waals surface area contributed by atoms with Gasteiger partial charge in [-0.15, -0.1) is 0 Å². The molecule has 2 heterocycles. The molecule has 0 bridgehead atoms. The van der Waals surface area contributed by atoms with E-state index in [-0.39, 0.29) is 0 Å². The molecule has 0 aliphatic heterocycles. The first kappa shape index (κ1) is 10.5. The van der Waals surface area contributed by atoms with Gasteiger partial charge in [-0.25, -0.2) is 4.98 Å². The van der Waals surface area contributed by atoms with E-state index in [9.17, 15) is 0 Å². The number of nitrogen functional groups attached to an aromatic ring is 1. The van der Waals surface area contributed by atoms with Gasteiger partial charge in [-0.3, -0.25) is 0 Å². The fraction of sp³-hybridized carbons (Fsp3) is 0.250. The number of nitrogens with one attached hydrogen (secondary N) is 2. The lowest BCUT2D eigenvalue weighted by Crippen LogP contribution is -2.08. The van der Waals surface area contributed by atoms with Gasteiger partial charge in [-0.05, 0) is 30.7 Å². The predicted octanol–water partition coefficient (Wildman–Crippen LogP) is 1.95. The molecule has 0 aliphatic carbocycles. The molecule has 84 valence electrons. The molecule has 0 unspecified atom stereocenters. The number of H-pyrrole nitrogens is 1. The molecule has 2 aromatic heterocycles. The molecule has 0 atom stereocenters. The van der Waals surface area contributed by atoms with Crippen LogP contribution in [0.15, 0.2) is 30.6 Å². The number of hydrogen-bond donors (Lipinski definition) is 3. The molecule has 4 heteroatoms. The first-order valence-corrected chi connectivity index (χ1v) is 5.34. The van der Waals surface area contributed by atoms with E-state index in [1.54, 1.807) is 6.20 Å². The zero-order valence-electron chi connectivity index (χ0n) is 9.33.